The van der Waals surface area contributed by atoms with E-state index in [4.69, 9.17) is 14.4 Å². The first-order chi connectivity index (χ1) is 21.3. The molecule has 0 aliphatic carbocycles. The summed E-state index contributed by atoms with van der Waals surface area (Å²) >= 11 is 0. The molecule has 5 heteroatoms. The maximum atomic E-state index is 6.20. The number of rotatable bonds is 3. The third-order valence-corrected chi connectivity index (χ3v) is 8.56. The average molecular weight is 555 g/mol. The molecule has 4 heterocycles. The Kier molecular flexibility index (Phi) is 5.26. The number of fused-ring (bicyclic) bond motifs is 6. The van der Waals surface area contributed by atoms with E-state index < -0.39 is 0 Å². The monoisotopic (exact) mass is 554 g/mol. The highest BCUT2D eigenvalue weighted by atomic mass is 16.3. The molecule has 8 aromatic rings. The zero-order chi connectivity index (χ0) is 28.3. The summed E-state index contributed by atoms with van der Waals surface area (Å²) in [6.45, 7) is 0. The first-order valence-electron chi connectivity index (χ1n) is 14.6. The predicted molar refractivity (Wildman–Crippen MR) is 174 cm³/mol. The molecule has 204 valence electrons. The van der Waals surface area contributed by atoms with E-state index in [1.54, 1.807) is 0 Å². The highest BCUT2D eigenvalue weighted by Crippen LogP contribution is 2.45. The maximum Gasteiger partial charge on any atom is 0.227 e. The molecule has 43 heavy (non-hydrogen) atoms. The van der Waals surface area contributed by atoms with Gasteiger partial charge in [0.05, 0.1) is 16.7 Å². The molecule has 0 spiro atoms. The molecule has 9 rings (SSSR count). The van der Waals surface area contributed by atoms with Gasteiger partial charge in [-0.3, -0.25) is 4.57 Å². The number of pyridine rings is 1. The largest absolute Gasteiger partial charge is 0.436 e. The van der Waals surface area contributed by atoms with Crippen LogP contribution in [0.2, 0.25) is 0 Å². The summed E-state index contributed by atoms with van der Waals surface area (Å²) in [5, 5.41) is 2.41. The van der Waals surface area contributed by atoms with Crippen LogP contribution in [0.4, 0.5) is 17.1 Å². The summed E-state index contributed by atoms with van der Waals surface area (Å²) < 4.78 is 8.47. The number of benzene rings is 5. The van der Waals surface area contributed by atoms with E-state index in [0.29, 0.717) is 5.89 Å². The second-order valence-electron chi connectivity index (χ2n) is 11.0. The molecule has 5 nitrogen and oxygen atoms in total. The van der Waals surface area contributed by atoms with Crippen LogP contribution in [0.1, 0.15) is 11.1 Å². The number of oxazole rings is 1. The van der Waals surface area contributed by atoms with Crippen LogP contribution >= 0.6 is 0 Å². The van der Waals surface area contributed by atoms with Crippen molar-refractivity contribution in [2.45, 2.75) is 12.8 Å². The van der Waals surface area contributed by atoms with Crippen LogP contribution in [-0.2, 0) is 12.8 Å². The minimum atomic E-state index is 0.632. The van der Waals surface area contributed by atoms with Crippen LogP contribution in [0.5, 0.6) is 0 Å². The van der Waals surface area contributed by atoms with Gasteiger partial charge in [-0.2, -0.15) is 0 Å². The van der Waals surface area contributed by atoms with Gasteiger partial charge in [0.1, 0.15) is 11.3 Å². The molecule has 0 saturated carbocycles. The second kappa shape index (κ2) is 9.43. The van der Waals surface area contributed by atoms with Crippen molar-refractivity contribution in [3.05, 3.63) is 145 Å². The lowest BCUT2D eigenvalue weighted by atomic mass is 10.0. The molecule has 0 radical (unpaired) electrons. The van der Waals surface area contributed by atoms with E-state index in [-0.39, 0.29) is 0 Å². The van der Waals surface area contributed by atoms with Crippen molar-refractivity contribution in [1.29, 1.82) is 0 Å². The van der Waals surface area contributed by atoms with Gasteiger partial charge in [-0.1, -0.05) is 66.7 Å². The van der Waals surface area contributed by atoms with E-state index in [1.165, 1.54) is 27.6 Å². The van der Waals surface area contributed by atoms with E-state index in [0.717, 1.165) is 57.7 Å². The molecule has 0 N–H and O–H groups in total. The Morgan fingerprint density at radius 2 is 1.40 bits per heavy atom. The molecule has 5 aromatic carbocycles. The predicted octanol–water partition coefficient (Wildman–Crippen LogP) is 9.56. The Bertz CT molecular complexity index is 2280. The van der Waals surface area contributed by atoms with E-state index in [2.05, 4.69) is 100 Å². The number of anilines is 3. The van der Waals surface area contributed by atoms with E-state index in [1.807, 2.05) is 42.6 Å². The number of hydrogen-bond donors (Lipinski definition) is 0. The molecule has 0 atom stereocenters. The van der Waals surface area contributed by atoms with Crippen molar-refractivity contribution in [2.75, 3.05) is 4.90 Å². The Balaban J connectivity index is 1.30. The topological polar surface area (TPSA) is 47.1 Å². The summed E-state index contributed by atoms with van der Waals surface area (Å²) in [5.41, 5.74) is 10.9. The molecule has 1 aliphatic rings. The molecule has 3 aromatic heterocycles. The Morgan fingerprint density at radius 1 is 0.605 bits per heavy atom. The van der Waals surface area contributed by atoms with Crippen molar-refractivity contribution in [3.8, 4) is 17.3 Å². The quantitative estimate of drug-likeness (QED) is 0.218. The third kappa shape index (κ3) is 3.78. The number of para-hydroxylation sites is 4. The van der Waals surface area contributed by atoms with Crippen molar-refractivity contribution in [1.82, 2.24) is 14.5 Å². The van der Waals surface area contributed by atoms with Crippen molar-refractivity contribution >= 4 is 50.0 Å². The zero-order valence-corrected chi connectivity index (χ0v) is 23.3. The number of hydrogen-bond acceptors (Lipinski definition) is 4. The van der Waals surface area contributed by atoms with E-state index >= 15 is 0 Å². The molecular formula is C38H26N4O. The lowest BCUT2D eigenvalue weighted by Crippen LogP contribution is -2.12. The van der Waals surface area contributed by atoms with Crippen LogP contribution in [0.25, 0.3) is 50.2 Å². The smallest absolute Gasteiger partial charge is 0.227 e. The van der Waals surface area contributed by atoms with Gasteiger partial charge in [0.2, 0.25) is 5.89 Å². The summed E-state index contributed by atoms with van der Waals surface area (Å²) in [7, 11) is 0. The number of aryl methyl sites for hydroxylation is 2. The van der Waals surface area contributed by atoms with E-state index in [9.17, 15) is 0 Å². The second-order valence-corrected chi connectivity index (χ2v) is 11.0. The molecule has 0 amide bonds. The SMILES string of the molecule is c1ccc(-n2c3ccccc3c3ccc(N4c5ccccc5CCc5ccc(-c6nc7ccccc7o6)cc54)cc32)nc1. The van der Waals surface area contributed by atoms with Crippen molar-refractivity contribution in [2.24, 2.45) is 0 Å². The van der Waals surface area contributed by atoms with Gasteiger partial charge in [-0.25, -0.2) is 9.97 Å². The van der Waals surface area contributed by atoms with Gasteiger partial charge in [0, 0.05) is 33.9 Å². The normalized spacial score (nSPS) is 12.9. The molecular weight excluding hydrogens is 528 g/mol. The Hall–Kier alpha value is -5.68. The molecule has 0 fully saturated rings. The number of nitrogens with zero attached hydrogens (tertiary/aromatic N) is 4. The van der Waals surface area contributed by atoms with Crippen molar-refractivity contribution < 1.29 is 4.42 Å². The lowest BCUT2D eigenvalue weighted by Gasteiger charge is -2.28. The molecule has 1 aliphatic heterocycles. The van der Waals surface area contributed by atoms with Gasteiger partial charge >= 0.3 is 0 Å². The molecule has 0 saturated heterocycles. The van der Waals surface area contributed by atoms with Gasteiger partial charge in [-0.05, 0) is 84.6 Å². The Labute approximate surface area is 248 Å². The van der Waals surface area contributed by atoms with Gasteiger partial charge < -0.3 is 9.32 Å². The van der Waals surface area contributed by atoms with Crippen molar-refractivity contribution in [3.63, 3.8) is 0 Å². The van der Waals surface area contributed by atoms with Crippen LogP contribution < -0.4 is 4.90 Å². The average Bonchev–Trinajstić information content (AvgIpc) is 3.59. The summed E-state index contributed by atoms with van der Waals surface area (Å²) in [6.07, 6.45) is 3.78. The van der Waals surface area contributed by atoms with Gasteiger partial charge in [0.15, 0.2) is 5.58 Å². The third-order valence-electron chi connectivity index (χ3n) is 8.56. The first-order valence-corrected chi connectivity index (χ1v) is 14.6. The fourth-order valence-corrected chi connectivity index (χ4v) is 6.56. The summed E-state index contributed by atoms with van der Waals surface area (Å²) in [6, 6.07) is 44.7. The maximum absolute atomic E-state index is 6.20. The van der Waals surface area contributed by atoms with Crippen LogP contribution in [-0.4, -0.2) is 14.5 Å². The fourth-order valence-electron chi connectivity index (χ4n) is 6.56. The minimum Gasteiger partial charge on any atom is -0.436 e. The lowest BCUT2D eigenvalue weighted by molar-refractivity contribution is 0.620. The highest BCUT2D eigenvalue weighted by molar-refractivity contribution is 6.10. The number of aromatic nitrogens is 3. The Morgan fingerprint density at radius 3 is 2.30 bits per heavy atom. The zero-order valence-electron chi connectivity index (χ0n) is 23.3. The fraction of sp³-hybridized carbons (Fsp3) is 0.0526. The van der Waals surface area contributed by atoms with Gasteiger partial charge in [-0.15, -0.1) is 0 Å². The van der Waals surface area contributed by atoms with Crippen LogP contribution in [0.15, 0.2) is 138 Å². The first kappa shape index (κ1) is 24.0. The summed E-state index contributed by atoms with van der Waals surface area (Å²) in [5.74, 6) is 1.54. The van der Waals surface area contributed by atoms with Gasteiger partial charge in [0.25, 0.3) is 0 Å². The molecule has 0 unspecified atom stereocenters. The highest BCUT2D eigenvalue weighted by Gasteiger charge is 2.25. The van der Waals surface area contributed by atoms with Crippen LogP contribution in [0, 0.1) is 0 Å². The minimum absolute atomic E-state index is 0.632. The standard InChI is InChI=1S/C38H26N4O/c1-4-12-32-25(9-1)16-17-26-18-19-27(38-40-31-11-3-6-14-36(31)43-38)23-34(26)41(32)28-20-21-30-29-10-2-5-13-33(29)42(35(30)24-28)37-15-7-8-22-39-37/h1-15,18-24H,16-17H2. The summed E-state index contributed by atoms with van der Waals surface area (Å²) in [4.78, 5) is 12.0. The van der Waals surface area contributed by atoms with Crippen LogP contribution in [0.3, 0.4) is 0 Å². The molecule has 0 bridgehead atoms.